The zero-order valence-electron chi connectivity index (χ0n) is 12.4. The number of ether oxygens (including phenoxy) is 2. The molecule has 1 aromatic rings. The Morgan fingerprint density at radius 2 is 2.15 bits per heavy atom. The molecule has 0 bridgehead atoms. The monoisotopic (exact) mass is 280 g/mol. The fourth-order valence-corrected chi connectivity index (χ4v) is 1.66. The van der Waals surface area contributed by atoms with E-state index >= 15 is 0 Å². The molecule has 0 fully saturated rings. The van der Waals surface area contributed by atoms with E-state index in [1.54, 1.807) is 7.11 Å². The van der Waals surface area contributed by atoms with Crippen molar-refractivity contribution >= 4 is 5.91 Å². The van der Waals surface area contributed by atoms with Crippen molar-refractivity contribution in [1.82, 2.24) is 10.6 Å². The largest absolute Gasteiger partial charge is 0.484 e. The highest BCUT2D eigenvalue weighted by Gasteiger charge is 2.04. The molecular weight excluding hydrogens is 256 g/mol. The molecule has 2 N–H and O–H groups in total. The van der Waals surface area contributed by atoms with Crippen LogP contribution in [0.3, 0.4) is 0 Å². The van der Waals surface area contributed by atoms with Gasteiger partial charge in [0.2, 0.25) is 0 Å². The smallest absolute Gasteiger partial charge is 0.258 e. The van der Waals surface area contributed by atoms with E-state index in [9.17, 15) is 4.79 Å². The van der Waals surface area contributed by atoms with Gasteiger partial charge >= 0.3 is 0 Å². The standard InChI is InChI=1S/C15H24N2O3/c1-12(2)17-15(18)11-20-14-6-4-5-13(9-14)10-16-7-8-19-3/h4-6,9,12,16H,7-8,10-11H2,1-3H3,(H,17,18). The lowest BCUT2D eigenvalue weighted by atomic mass is 10.2. The number of nitrogens with one attached hydrogen (secondary N) is 2. The van der Waals surface area contributed by atoms with Gasteiger partial charge in [-0.25, -0.2) is 0 Å². The van der Waals surface area contributed by atoms with Crippen molar-refractivity contribution in [1.29, 1.82) is 0 Å². The summed E-state index contributed by atoms with van der Waals surface area (Å²) in [6, 6.07) is 7.84. The number of benzene rings is 1. The molecule has 1 aromatic carbocycles. The molecule has 0 saturated heterocycles. The van der Waals surface area contributed by atoms with Crippen LogP contribution in [-0.2, 0) is 16.1 Å². The lowest BCUT2D eigenvalue weighted by Gasteiger charge is -2.11. The Balaban J connectivity index is 2.37. The summed E-state index contributed by atoms with van der Waals surface area (Å²) >= 11 is 0. The number of methoxy groups -OCH3 is 1. The third-order valence-corrected chi connectivity index (χ3v) is 2.53. The maximum atomic E-state index is 11.5. The van der Waals surface area contributed by atoms with E-state index < -0.39 is 0 Å². The van der Waals surface area contributed by atoms with Crippen molar-refractivity contribution in [3.63, 3.8) is 0 Å². The van der Waals surface area contributed by atoms with Gasteiger partial charge in [-0.15, -0.1) is 0 Å². The quantitative estimate of drug-likeness (QED) is 0.670. The van der Waals surface area contributed by atoms with Crippen LogP contribution in [0.15, 0.2) is 24.3 Å². The Morgan fingerprint density at radius 1 is 1.35 bits per heavy atom. The van der Waals surface area contributed by atoms with Gasteiger partial charge in [0.05, 0.1) is 6.61 Å². The normalized spacial score (nSPS) is 10.6. The molecule has 112 valence electrons. The first-order chi connectivity index (χ1) is 9.61. The number of rotatable bonds is 9. The number of hydrogen-bond donors (Lipinski definition) is 2. The van der Waals surface area contributed by atoms with E-state index in [1.807, 2.05) is 38.1 Å². The Labute approximate surface area is 120 Å². The molecule has 5 heteroatoms. The Kier molecular flexibility index (Phi) is 7.69. The summed E-state index contributed by atoms with van der Waals surface area (Å²) in [6.45, 7) is 6.12. The molecule has 0 aliphatic carbocycles. The third kappa shape index (κ3) is 7.11. The zero-order valence-corrected chi connectivity index (χ0v) is 12.4. The minimum atomic E-state index is -0.108. The minimum Gasteiger partial charge on any atom is -0.484 e. The Bertz CT molecular complexity index is 408. The van der Waals surface area contributed by atoms with Crippen molar-refractivity contribution < 1.29 is 14.3 Å². The predicted molar refractivity (Wildman–Crippen MR) is 78.8 cm³/mol. The van der Waals surface area contributed by atoms with Gasteiger partial charge < -0.3 is 20.1 Å². The summed E-state index contributed by atoms with van der Waals surface area (Å²) < 4.78 is 10.4. The zero-order chi connectivity index (χ0) is 14.8. The molecule has 0 aliphatic heterocycles. The van der Waals surface area contributed by atoms with Gasteiger partial charge in [-0.1, -0.05) is 12.1 Å². The summed E-state index contributed by atoms with van der Waals surface area (Å²) in [5.74, 6) is 0.596. The average Bonchev–Trinajstić information content (AvgIpc) is 2.41. The molecule has 5 nitrogen and oxygen atoms in total. The topological polar surface area (TPSA) is 59.6 Å². The van der Waals surface area contributed by atoms with E-state index in [2.05, 4.69) is 10.6 Å². The number of amides is 1. The van der Waals surface area contributed by atoms with Gasteiger partial charge in [-0.3, -0.25) is 4.79 Å². The van der Waals surface area contributed by atoms with Crippen molar-refractivity contribution in [3.8, 4) is 5.75 Å². The molecule has 0 unspecified atom stereocenters. The van der Waals surface area contributed by atoms with E-state index in [0.717, 1.165) is 18.7 Å². The van der Waals surface area contributed by atoms with Crippen LogP contribution in [0.25, 0.3) is 0 Å². The van der Waals surface area contributed by atoms with Gasteiger partial charge in [0.25, 0.3) is 5.91 Å². The first-order valence-electron chi connectivity index (χ1n) is 6.82. The Morgan fingerprint density at radius 3 is 2.85 bits per heavy atom. The van der Waals surface area contributed by atoms with Gasteiger partial charge in [-0.05, 0) is 31.5 Å². The van der Waals surface area contributed by atoms with Crippen LogP contribution in [-0.4, -0.2) is 38.8 Å². The summed E-state index contributed by atoms with van der Waals surface area (Å²) in [7, 11) is 1.68. The van der Waals surface area contributed by atoms with Crippen LogP contribution < -0.4 is 15.4 Å². The highest BCUT2D eigenvalue weighted by molar-refractivity contribution is 5.77. The SMILES string of the molecule is COCCNCc1cccc(OCC(=O)NC(C)C)c1. The molecule has 0 atom stereocenters. The molecule has 0 saturated carbocycles. The molecule has 20 heavy (non-hydrogen) atoms. The highest BCUT2D eigenvalue weighted by atomic mass is 16.5. The van der Waals surface area contributed by atoms with Crippen LogP contribution in [0.4, 0.5) is 0 Å². The summed E-state index contributed by atoms with van der Waals surface area (Å²) in [6.07, 6.45) is 0. The van der Waals surface area contributed by atoms with E-state index in [4.69, 9.17) is 9.47 Å². The van der Waals surface area contributed by atoms with Crippen molar-refractivity contribution in [2.75, 3.05) is 26.9 Å². The first kappa shape index (κ1) is 16.5. The Hall–Kier alpha value is -1.59. The lowest BCUT2D eigenvalue weighted by Crippen LogP contribution is -2.34. The lowest BCUT2D eigenvalue weighted by molar-refractivity contribution is -0.123. The molecule has 0 spiro atoms. The molecule has 1 amide bonds. The molecule has 0 radical (unpaired) electrons. The van der Waals surface area contributed by atoms with Crippen LogP contribution in [0.2, 0.25) is 0 Å². The first-order valence-corrected chi connectivity index (χ1v) is 6.82. The van der Waals surface area contributed by atoms with Gasteiger partial charge in [0.1, 0.15) is 5.75 Å². The van der Waals surface area contributed by atoms with Crippen molar-refractivity contribution in [3.05, 3.63) is 29.8 Å². The van der Waals surface area contributed by atoms with Crippen molar-refractivity contribution in [2.24, 2.45) is 0 Å². The second-order valence-corrected chi connectivity index (χ2v) is 4.83. The summed E-state index contributed by atoms with van der Waals surface area (Å²) in [5.41, 5.74) is 1.11. The fourth-order valence-electron chi connectivity index (χ4n) is 1.66. The van der Waals surface area contributed by atoms with Crippen molar-refractivity contribution in [2.45, 2.75) is 26.4 Å². The molecule has 0 aliphatic rings. The average molecular weight is 280 g/mol. The van der Waals surface area contributed by atoms with E-state index in [0.29, 0.717) is 12.4 Å². The van der Waals surface area contributed by atoms with Gasteiger partial charge in [0.15, 0.2) is 6.61 Å². The predicted octanol–water partition coefficient (Wildman–Crippen LogP) is 1.33. The van der Waals surface area contributed by atoms with Gasteiger partial charge in [0, 0.05) is 26.2 Å². The maximum absolute atomic E-state index is 11.5. The third-order valence-electron chi connectivity index (χ3n) is 2.53. The number of hydrogen-bond acceptors (Lipinski definition) is 4. The highest BCUT2D eigenvalue weighted by Crippen LogP contribution is 2.13. The van der Waals surface area contributed by atoms with Crippen LogP contribution in [0, 0.1) is 0 Å². The summed E-state index contributed by atoms with van der Waals surface area (Å²) in [5, 5.41) is 6.05. The second kappa shape index (κ2) is 9.34. The second-order valence-electron chi connectivity index (χ2n) is 4.83. The van der Waals surface area contributed by atoms with Crippen LogP contribution in [0.1, 0.15) is 19.4 Å². The van der Waals surface area contributed by atoms with E-state index in [1.165, 1.54) is 0 Å². The molecular formula is C15H24N2O3. The molecule has 1 rings (SSSR count). The van der Waals surface area contributed by atoms with E-state index in [-0.39, 0.29) is 18.6 Å². The molecule has 0 aromatic heterocycles. The fraction of sp³-hybridized carbons (Fsp3) is 0.533. The van der Waals surface area contributed by atoms with Gasteiger partial charge in [-0.2, -0.15) is 0 Å². The minimum absolute atomic E-state index is 0.0404. The van der Waals surface area contributed by atoms with Crippen LogP contribution >= 0.6 is 0 Å². The molecule has 0 heterocycles. The maximum Gasteiger partial charge on any atom is 0.258 e. The number of carbonyl (C=O) groups excluding carboxylic acids is 1. The number of carbonyl (C=O) groups is 1. The summed E-state index contributed by atoms with van der Waals surface area (Å²) in [4.78, 5) is 11.5. The van der Waals surface area contributed by atoms with Crippen LogP contribution in [0.5, 0.6) is 5.75 Å².